The summed E-state index contributed by atoms with van der Waals surface area (Å²) in [5.41, 5.74) is 2.07. The minimum atomic E-state index is -0.0145. The first-order chi connectivity index (χ1) is 8.76. The highest BCUT2D eigenvalue weighted by Crippen LogP contribution is 2.40. The van der Waals surface area contributed by atoms with Crippen molar-refractivity contribution in [3.63, 3.8) is 0 Å². The molecule has 1 N–H and O–H groups in total. The van der Waals surface area contributed by atoms with Crippen LogP contribution in [0.4, 0.5) is 0 Å². The fourth-order valence-corrected chi connectivity index (χ4v) is 3.62. The molecule has 1 aromatic heterocycles. The number of hydrogen-bond donors (Lipinski definition) is 1. The summed E-state index contributed by atoms with van der Waals surface area (Å²) in [7, 11) is 0. The van der Waals surface area contributed by atoms with Gasteiger partial charge in [-0.1, -0.05) is 44.2 Å². The predicted molar refractivity (Wildman–Crippen MR) is 75.8 cm³/mol. The SMILES string of the molecule is CCC(CC)(c1ccccc1)c1nc(CO)cs1. The quantitative estimate of drug-likeness (QED) is 0.889. The van der Waals surface area contributed by atoms with Crippen LogP contribution in [0, 0.1) is 0 Å². The Kier molecular flexibility index (Phi) is 4.15. The summed E-state index contributed by atoms with van der Waals surface area (Å²) in [6, 6.07) is 10.5. The maximum atomic E-state index is 9.18. The average Bonchev–Trinajstić information content (AvgIpc) is 2.91. The molecule has 0 saturated heterocycles. The van der Waals surface area contributed by atoms with E-state index in [-0.39, 0.29) is 12.0 Å². The van der Waals surface area contributed by atoms with Crippen molar-refractivity contribution in [3.8, 4) is 0 Å². The molecule has 0 aliphatic rings. The van der Waals surface area contributed by atoms with Crippen molar-refractivity contribution in [1.82, 2.24) is 4.98 Å². The molecule has 2 rings (SSSR count). The number of rotatable bonds is 5. The van der Waals surface area contributed by atoms with Gasteiger partial charge in [-0.3, -0.25) is 0 Å². The van der Waals surface area contributed by atoms with Crippen LogP contribution < -0.4 is 0 Å². The minimum absolute atomic E-state index is 0.0145. The summed E-state index contributed by atoms with van der Waals surface area (Å²) in [6.45, 7) is 4.43. The molecule has 2 aromatic rings. The van der Waals surface area contributed by atoms with E-state index >= 15 is 0 Å². The predicted octanol–water partition coefficient (Wildman–Crippen LogP) is 3.74. The standard InChI is InChI=1S/C15H19NOS/c1-3-15(4-2,12-8-6-5-7-9-12)14-16-13(10-17)11-18-14/h5-9,11,17H,3-4,10H2,1-2H3. The van der Waals surface area contributed by atoms with Crippen LogP contribution >= 0.6 is 11.3 Å². The molecular formula is C15H19NOS. The van der Waals surface area contributed by atoms with Crippen molar-refractivity contribution in [1.29, 1.82) is 0 Å². The largest absolute Gasteiger partial charge is 0.390 e. The van der Waals surface area contributed by atoms with E-state index < -0.39 is 0 Å². The van der Waals surface area contributed by atoms with E-state index in [0.29, 0.717) is 0 Å². The molecule has 0 saturated carbocycles. The van der Waals surface area contributed by atoms with E-state index in [1.165, 1.54) is 5.56 Å². The van der Waals surface area contributed by atoms with Gasteiger partial charge in [0.1, 0.15) is 5.01 Å². The molecule has 96 valence electrons. The molecule has 0 spiro atoms. The fourth-order valence-electron chi connectivity index (χ4n) is 2.44. The van der Waals surface area contributed by atoms with Gasteiger partial charge >= 0.3 is 0 Å². The second-order valence-corrected chi connectivity index (χ2v) is 5.32. The van der Waals surface area contributed by atoms with Crippen molar-refractivity contribution in [2.45, 2.75) is 38.7 Å². The van der Waals surface area contributed by atoms with Crippen LogP contribution in [-0.2, 0) is 12.0 Å². The molecule has 1 heterocycles. The van der Waals surface area contributed by atoms with Crippen molar-refractivity contribution in [3.05, 3.63) is 52.0 Å². The number of thiazole rings is 1. The normalized spacial score (nSPS) is 11.7. The molecule has 0 fully saturated rings. The van der Waals surface area contributed by atoms with Crippen molar-refractivity contribution in [2.75, 3.05) is 0 Å². The third-order valence-corrected chi connectivity index (χ3v) is 4.75. The van der Waals surface area contributed by atoms with E-state index in [1.54, 1.807) is 11.3 Å². The second kappa shape index (κ2) is 5.63. The zero-order chi connectivity index (χ0) is 13.0. The average molecular weight is 261 g/mol. The second-order valence-electron chi connectivity index (χ2n) is 4.46. The highest BCUT2D eigenvalue weighted by atomic mass is 32.1. The maximum Gasteiger partial charge on any atom is 0.103 e. The molecule has 0 amide bonds. The zero-order valence-electron chi connectivity index (χ0n) is 10.9. The van der Waals surface area contributed by atoms with E-state index in [9.17, 15) is 5.11 Å². The van der Waals surface area contributed by atoms with Gasteiger partial charge < -0.3 is 5.11 Å². The van der Waals surface area contributed by atoms with Crippen molar-refractivity contribution >= 4 is 11.3 Å². The van der Waals surface area contributed by atoms with Crippen molar-refractivity contribution < 1.29 is 5.11 Å². The van der Waals surface area contributed by atoms with Gasteiger partial charge in [-0.05, 0) is 18.4 Å². The van der Waals surface area contributed by atoms with Gasteiger partial charge in [0.15, 0.2) is 0 Å². The number of aliphatic hydroxyl groups is 1. The Morgan fingerprint density at radius 2 is 1.83 bits per heavy atom. The number of benzene rings is 1. The number of aliphatic hydroxyl groups excluding tert-OH is 1. The van der Waals surface area contributed by atoms with E-state index in [4.69, 9.17) is 0 Å². The third kappa shape index (κ3) is 2.20. The van der Waals surface area contributed by atoms with Gasteiger partial charge in [0.2, 0.25) is 0 Å². The van der Waals surface area contributed by atoms with Crippen LogP contribution in [0.15, 0.2) is 35.7 Å². The first-order valence-electron chi connectivity index (χ1n) is 6.38. The molecule has 0 unspecified atom stereocenters. The maximum absolute atomic E-state index is 9.18. The molecule has 18 heavy (non-hydrogen) atoms. The molecule has 0 aliphatic heterocycles. The number of nitrogens with zero attached hydrogens (tertiary/aromatic N) is 1. The van der Waals surface area contributed by atoms with Gasteiger partial charge in [-0.25, -0.2) is 4.98 Å². The van der Waals surface area contributed by atoms with E-state index in [2.05, 4.69) is 43.1 Å². The van der Waals surface area contributed by atoms with E-state index in [1.807, 2.05) is 11.4 Å². The van der Waals surface area contributed by atoms with Gasteiger partial charge in [-0.15, -0.1) is 11.3 Å². The van der Waals surface area contributed by atoms with Crippen molar-refractivity contribution in [2.24, 2.45) is 0 Å². The smallest absolute Gasteiger partial charge is 0.103 e. The molecule has 0 aliphatic carbocycles. The van der Waals surface area contributed by atoms with Crippen LogP contribution in [-0.4, -0.2) is 10.1 Å². The van der Waals surface area contributed by atoms with Gasteiger partial charge in [0.05, 0.1) is 12.3 Å². The Hall–Kier alpha value is -1.19. The minimum Gasteiger partial charge on any atom is -0.390 e. The fraction of sp³-hybridized carbons (Fsp3) is 0.400. The van der Waals surface area contributed by atoms with Crippen LogP contribution in [0.25, 0.3) is 0 Å². The lowest BCUT2D eigenvalue weighted by Crippen LogP contribution is -2.25. The molecule has 3 heteroatoms. The molecule has 1 aromatic carbocycles. The molecule has 2 nitrogen and oxygen atoms in total. The summed E-state index contributed by atoms with van der Waals surface area (Å²) in [6.07, 6.45) is 2.04. The van der Waals surface area contributed by atoms with Crippen LogP contribution in [0.2, 0.25) is 0 Å². The lowest BCUT2D eigenvalue weighted by Gasteiger charge is -2.30. The summed E-state index contributed by atoms with van der Waals surface area (Å²) >= 11 is 1.65. The summed E-state index contributed by atoms with van der Waals surface area (Å²) in [5, 5.41) is 12.2. The topological polar surface area (TPSA) is 33.1 Å². The van der Waals surface area contributed by atoms with E-state index in [0.717, 1.165) is 23.5 Å². The first-order valence-corrected chi connectivity index (χ1v) is 7.26. The number of hydrogen-bond acceptors (Lipinski definition) is 3. The summed E-state index contributed by atoms with van der Waals surface area (Å²) in [5.74, 6) is 0. The lowest BCUT2D eigenvalue weighted by molar-refractivity contribution is 0.277. The third-order valence-electron chi connectivity index (χ3n) is 3.66. The van der Waals surface area contributed by atoms with Crippen LogP contribution in [0.5, 0.6) is 0 Å². The summed E-state index contributed by atoms with van der Waals surface area (Å²) < 4.78 is 0. The summed E-state index contributed by atoms with van der Waals surface area (Å²) in [4.78, 5) is 4.59. The first kappa shape index (κ1) is 13.2. The molecule has 0 radical (unpaired) electrons. The Balaban J connectivity index is 2.50. The van der Waals surface area contributed by atoms with Gasteiger partial charge in [0.25, 0.3) is 0 Å². The molecular weight excluding hydrogens is 242 g/mol. The number of aromatic nitrogens is 1. The zero-order valence-corrected chi connectivity index (χ0v) is 11.7. The van der Waals surface area contributed by atoms with Gasteiger partial charge in [-0.2, -0.15) is 0 Å². The highest BCUT2D eigenvalue weighted by molar-refractivity contribution is 7.09. The Labute approximate surface area is 112 Å². The Morgan fingerprint density at radius 3 is 2.33 bits per heavy atom. The molecule has 0 atom stereocenters. The highest BCUT2D eigenvalue weighted by Gasteiger charge is 2.33. The Morgan fingerprint density at radius 1 is 1.17 bits per heavy atom. The Bertz CT molecular complexity index is 488. The monoisotopic (exact) mass is 261 g/mol. The van der Waals surface area contributed by atoms with Crippen LogP contribution in [0.3, 0.4) is 0 Å². The molecule has 0 bridgehead atoms. The van der Waals surface area contributed by atoms with Gasteiger partial charge in [0, 0.05) is 10.8 Å². The lowest BCUT2D eigenvalue weighted by atomic mass is 9.76. The van der Waals surface area contributed by atoms with Crippen LogP contribution in [0.1, 0.15) is 43.0 Å².